The molecule has 1 unspecified atom stereocenters. The quantitative estimate of drug-likeness (QED) is 0.778. The first kappa shape index (κ1) is 23.2. The van der Waals surface area contributed by atoms with E-state index in [0.717, 1.165) is 23.5 Å². The molecule has 0 fully saturated rings. The van der Waals surface area contributed by atoms with Gasteiger partial charge in [0.2, 0.25) is 11.7 Å². The van der Waals surface area contributed by atoms with Crippen molar-refractivity contribution in [2.45, 2.75) is 39.0 Å². The van der Waals surface area contributed by atoms with Crippen molar-refractivity contribution in [2.24, 2.45) is 5.10 Å². The topological polar surface area (TPSA) is 90.8 Å². The van der Waals surface area contributed by atoms with Crippen LogP contribution in [0.4, 0.5) is 18.0 Å². The predicted molar refractivity (Wildman–Crippen MR) is 111 cm³/mol. The van der Waals surface area contributed by atoms with Gasteiger partial charge in [-0.1, -0.05) is 29.8 Å². The summed E-state index contributed by atoms with van der Waals surface area (Å²) in [5.41, 5.74) is 2.73. The van der Waals surface area contributed by atoms with Crippen LogP contribution < -0.4 is 5.32 Å². The summed E-state index contributed by atoms with van der Waals surface area (Å²) in [4.78, 5) is 32.9. The summed E-state index contributed by atoms with van der Waals surface area (Å²) in [6, 6.07) is 5.92. The van der Waals surface area contributed by atoms with Crippen LogP contribution in [0.15, 0.2) is 41.8 Å². The average Bonchev–Trinajstić information content (AvgIpc) is 3.18. The summed E-state index contributed by atoms with van der Waals surface area (Å²) in [5.74, 6) is -1.42. The van der Waals surface area contributed by atoms with Crippen LogP contribution in [0, 0.1) is 6.92 Å². The number of amides is 3. The van der Waals surface area contributed by atoms with Crippen LogP contribution in [-0.2, 0) is 11.0 Å². The van der Waals surface area contributed by atoms with Gasteiger partial charge < -0.3 is 10.2 Å². The minimum atomic E-state index is -4.64. The van der Waals surface area contributed by atoms with Gasteiger partial charge in [-0.3, -0.25) is 4.79 Å². The van der Waals surface area contributed by atoms with Crippen molar-refractivity contribution >= 4 is 17.6 Å². The zero-order chi connectivity index (χ0) is 23.6. The molecule has 32 heavy (non-hydrogen) atoms. The van der Waals surface area contributed by atoms with Gasteiger partial charge in [0, 0.05) is 31.9 Å². The Hall–Kier alpha value is -3.50. The zero-order valence-corrected chi connectivity index (χ0v) is 18.0. The lowest BCUT2D eigenvalue weighted by Crippen LogP contribution is -2.45. The molecule has 1 aliphatic rings. The van der Waals surface area contributed by atoms with Gasteiger partial charge in [-0.05, 0) is 19.4 Å². The summed E-state index contributed by atoms with van der Waals surface area (Å²) in [7, 11) is 1.64. The van der Waals surface area contributed by atoms with E-state index in [-0.39, 0.29) is 12.5 Å². The SMILES string of the molecule is CC(=O)N(C)C1CN(C(=O)N[C@H](C)c2cnc(C(F)(F)F)nc2)N=C1c1ccc(C)cc1. The first-order valence-electron chi connectivity index (χ1n) is 9.83. The number of carbonyl (C=O) groups excluding carboxylic acids is 2. The first-order valence-corrected chi connectivity index (χ1v) is 9.83. The number of nitrogens with zero attached hydrogens (tertiary/aromatic N) is 5. The van der Waals surface area contributed by atoms with Crippen molar-refractivity contribution in [3.8, 4) is 0 Å². The molecule has 3 rings (SSSR count). The highest BCUT2D eigenvalue weighted by atomic mass is 19.4. The summed E-state index contributed by atoms with van der Waals surface area (Å²) in [6.07, 6.45) is -2.59. The summed E-state index contributed by atoms with van der Waals surface area (Å²) in [5, 5.41) is 8.32. The molecule has 2 heterocycles. The molecule has 3 amide bonds. The van der Waals surface area contributed by atoms with Crippen molar-refractivity contribution in [3.05, 3.63) is 59.2 Å². The van der Waals surface area contributed by atoms with Crippen LogP contribution >= 0.6 is 0 Å². The Balaban J connectivity index is 1.78. The number of alkyl halides is 3. The van der Waals surface area contributed by atoms with E-state index >= 15 is 0 Å². The number of rotatable bonds is 4. The molecule has 1 aliphatic heterocycles. The number of likely N-dealkylation sites (N-methyl/N-ethyl adjacent to an activating group) is 1. The van der Waals surface area contributed by atoms with Gasteiger partial charge in [-0.15, -0.1) is 0 Å². The molecule has 2 aromatic rings. The Labute approximate surface area is 183 Å². The van der Waals surface area contributed by atoms with Crippen molar-refractivity contribution in [1.82, 2.24) is 25.2 Å². The number of benzene rings is 1. The van der Waals surface area contributed by atoms with E-state index in [1.54, 1.807) is 14.0 Å². The molecule has 0 saturated carbocycles. The molecule has 170 valence electrons. The maximum Gasteiger partial charge on any atom is 0.451 e. The van der Waals surface area contributed by atoms with E-state index in [9.17, 15) is 22.8 Å². The van der Waals surface area contributed by atoms with Gasteiger partial charge in [0.15, 0.2) is 0 Å². The van der Waals surface area contributed by atoms with Gasteiger partial charge in [-0.2, -0.15) is 18.3 Å². The van der Waals surface area contributed by atoms with Crippen LogP contribution in [0.5, 0.6) is 0 Å². The van der Waals surface area contributed by atoms with Crippen molar-refractivity contribution < 1.29 is 22.8 Å². The van der Waals surface area contributed by atoms with E-state index in [2.05, 4.69) is 20.4 Å². The van der Waals surface area contributed by atoms with Gasteiger partial charge >= 0.3 is 12.2 Å². The fourth-order valence-corrected chi connectivity index (χ4v) is 3.17. The van der Waals surface area contributed by atoms with Crippen LogP contribution in [0.2, 0.25) is 0 Å². The first-order chi connectivity index (χ1) is 15.0. The zero-order valence-electron chi connectivity index (χ0n) is 18.0. The number of urea groups is 1. The number of aromatic nitrogens is 2. The fraction of sp³-hybridized carbons (Fsp3) is 0.381. The number of nitrogens with one attached hydrogen (secondary N) is 1. The Morgan fingerprint density at radius 1 is 1.19 bits per heavy atom. The molecule has 8 nitrogen and oxygen atoms in total. The lowest BCUT2D eigenvalue weighted by atomic mass is 10.0. The Kier molecular flexibility index (Phi) is 6.47. The molecule has 11 heteroatoms. The molecule has 0 aliphatic carbocycles. The summed E-state index contributed by atoms with van der Waals surface area (Å²) in [6.45, 7) is 5.12. The lowest BCUT2D eigenvalue weighted by Gasteiger charge is -2.25. The molecule has 0 bridgehead atoms. The van der Waals surface area contributed by atoms with Crippen LogP contribution in [0.3, 0.4) is 0 Å². The smallest absolute Gasteiger partial charge is 0.335 e. The lowest BCUT2D eigenvalue weighted by molar-refractivity contribution is -0.145. The minimum Gasteiger partial charge on any atom is -0.335 e. The van der Waals surface area contributed by atoms with E-state index in [1.165, 1.54) is 16.8 Å². The molecule has 1 N–H and O–H groups in total. The second kappa shape index (κ2) is 8.93. The second-order valence-corrected chi connectivity index (χ2v) is 7.59. The van der Waals surface area contributed by atoms with Crippen molar-refractivity contribution in [1.29, 1.82) is 0 Å². The van der Waals surface area contributed by atoms with Gasteiger partial charge in [0.05, 0.1) is 24.3 Å². The Morgan fingerprint density at radius 2 is 1.78 bits per heavy atom. The number of hydrazone groups is 1. The number of hydrogen-bond acceptors (Lipinski definition) is 5. The van der Waals surface area contributed by atoms with E-state index in [1.807, 2.05) is 31.2 Å². The van der Waals surface area contributed by atoms with Gasteiger partial charge in [0.25, 0.3) is 0 Å². The molecule has 1 aromatic heterocycles. The van der Waals surface area contributed by atoms with E-state index in [4.69, 9.17) is 0 Å². The Morgan fingerprint density at radius 3 is 2.31 bits per heavy atom. The molecule has 0 spiro atoms. The molecule has 0 saturated heterocycles. The predicted octanol–water partition coefficient (Wildman–Crippen LogP) is 3.14. The Bertz CT molecular complexity index is 1020. The third-order valence-corrected chi connectivity index (χ3v) is 5.20. The maximum absolute atomic E-state index is 12.8. The minimum absolute atomic E-state index is 0.140. The van der Waals surface area contributed by atoms with E-state index < -0.39 is 30.1 Å². The standard InChI is InChI=1S/C21H23F3N6O2/c1-12-5-7-15(8-6-12)18-17(29(4)14(3)31)11-30(28-18)20(32)27-13(2)16-9-25-19(26-10-16)21(22,23)24/h5-10,13,17H,11H2,1-4H3,(H,27,32)/t13-,17?/m1/s1. The maximum atomic E-state index is 12.8. The normalized spacial score (nSPS) is 17.0. The largest absolute Gasteiger partial charge is 0.451 e. The van der Waals surface area contributed by atoms with Crippen LogP contribution in [0.1, 0.15) is 42.4 Å². The number of hydrogen-bond donors (Lipinski definition) is 1. The molecule has 0 radical (unpaired) electrons. The third kappa shape index (κ3) is 5.04. The van der Waals surface area contributed by atoms with Gasteiger partial charge in [-0.25, -0.2) is 19.8 Å². The molecule has 2 atom stereocenters. The highest BCUT2D eigenvalue weighted by Crippen LogP contribution is 2.26. The monoisotopic (exact) mass is 448 g/mol. The van der Waals surface area contributed by atoms with Gasteiger partial charge in [0.1, 0.15) is 0 Å². The molecular weight excluding hydrogens is 425 g/mol. The summed E-state index contributed by atoms with van der Waals surface area (Å²) >= 11 is 0. The summed E-state index contributed by atoms with van der Waals surface area (Å²) < 4.78 is 37.9. The highest BCUT2D eigenvalue weighted by molar-refractivity contribution is 6.07. The van der Waals surface area contributed by atoms with Crippen LogP contribution in [-0.4, -0.2) is 57.2 Å². The number of halogens is 3. The molecule has 1 aromatic carbocycles. The van der Waals surface area contributed by atoms with Crippen molar-refractivity contribution in [3.63, 3.8) is 0 Å². The van der Waals surface area contributed by atoms with E-state index in [0.29, 0.717) is 11.3 Å². The third-order valence-electron chi connectivity index (χ3n) is 5.20. The highest BCUT2D eigenvalue weighted by Gasteiger charge is 2.36. The van der Waals surface area contributed by atoms with Crippen molar-refractivity contribution in [2.75, 3.05) is 13.6 Å². The number of carbonyl (C=O) groups is 2. The average molecular weight is 448 g/mol. The number of aryl methyl sites for hydroxylation is 1. The fourth-order valence-electron chi connectivity index (χ4n) is 3.17. The second-order valence-electron chi connectivity index (χ2n) is 7.59. The van der Waals surface area contributed by atoms with Crippen LogP contribution in [0.25, 0.3) is 0 Å². The molecular formula is C21H23F3N6O2.